The van der Waals surface area contributed by atoms with Gasteiger partial charge in [-0.05, 0) is 90.3 Å². The van der Waals surface area contributed by atoms with Crippen molar-refractivity contribution in [2.45, 2.75) is 0 Å². The molecule has 0 amide bonds. The second-order valence-corrected chi connectivity index (χ2v) is 12.8. The fourth-order valence-corrected chi connectivity index (χ4v) is 8.53. The molecule has 7 aromatic carbocycles. The summed E-state index contributed by atoms with van der Waals surface area (Å²) in [6.07, 6.45) is 3.88. The molecule has 0 unspecified atom stereocenters. The van der Waals surface area contributed by atoms with Gasteiger partial charge in [0.2, 0.25) is 0 Å². The third-order valence-electron chi connectivity index (χ3n) is 9.33. The highest BCUT2D eigenvalue weighted by atomic mass is 32.1. The summed E-state index contributed by atoms with van der Waals surface area (Å²) in [5.74, 6) is 0. The van der Waals surface area contributed by atoms with Gasteiger partial charge in [-0.1, -0.05) is 97.1 Å². The molecule has 0 aliphatic rings. The van der Waals surface area contributed by atoms with Crippen molar-refractivity contribution in [1.29, 1.82) is 0 Å². The molecule has 0 saturated heterocycles. The summed E-state index contributed by atoms with van der Waals surface area (Å²) in [5, 5.41) is 15.2. The van der Waals surface area contributed by atoms with Gasteiger partial charge in [-0.3, -0.25) is 9.97 Å². The number of fused-ring (bicyclic) bond motifs is 12. The van der Waals surface area contributed by atoms with Crippen molar-refractivity contribution in [1.82, 2.24) is 9.97 Å². The third-order valence-corrected chi connectivity index (χ3v) is 10.5. The van der Waals surface area contributed by atoms with Crippen LogP contribution in [0, 0.1) is 0 Å². The first-order valence-electron chi connectivity index (χ1n) is 15.2. The molecule has 3 aromatic heterocycles. The van der Waals surface area contributed by atoms with Gasteiger partial charge in [0.25, 0.3) is 0 Å². The quantitative estimate of drug-likeness (QED) is 0.188. The second kappa shape index (κ2) is 9.43. The van der Waals surface area contributed by atoms with E-state index in [0.29, 0.717) is 0 Å². The molecule has 0 saturated carbocycles. The van der Waals surface area contributed by atoms with Gasteiger partial charge in [0.15, 0.2) is 0 Å². The highest BCUT2D eigenvalue weighted by Gasteiger charge is 2.17. The first kappa shape index (κ1) is 24.8. The molecule has 0 spiro atoms. The third kappa shape index (κ3) is 3.62. The van der Waals surface area contributed by atoms with E-state index < -0.39 is 0 Å². The summed E-state index contributed by atoms with van der Waals surface area (Å²) >= 11 is 1.84. The Morgan fingerprint density at radius 2 is 0.978 bits per heavy atom. The minimum absolute atomic E-state index is 0.957. The molecule has 0 N–H and O–H groups in total. The van der Waals surface area contributed by atoms with E-state index in [0.717, 1.165) is 22.5 Å². The molecule has 2 nitrogen and oxygen atoms in total. The molecule has 208 valence electrons. The molecule has 0 atom stereocenters. The molecule has 0 aliphatic heterocycles. The molecular weight excluding hydrogens is 565 g/mol. The van der Waals surface area contributed by atoms with Crippen LogP contribution in [0.3, 0.4) is 0 Å². The predicted molar refractivity (Wildman–Crippen MR) is 193 cm³/mol. The van der Waals surface area contributed by atoms with Crippen molar-refractivity contribution in [2.75, 3.05) is 0 Å². The molecule has 3 heterocycles. The number of hydrogen-bond donors (Lipinski definition) is 0. The van der Waals surface area contributed by atoms with Crippen molar-refractivity contribution < 1.29 is 0 Å². The molecule has 10 rings (SSSR count). The maximum Gasteiger partial charge on any atom is 0.0881 e. The van der Waals surface area contributed by atoms with Crippen molar-refractivity contribution in [3.63, 3.8) is 0 Å². The van der Waals surface area contributed by atoms with Gasteiger partial charge >= 0.3 is 0 Å². The van der Waals surface area contributed by atoms with Gasteiger partial charge in [-0.25, -0.2) is 0 Å². The lowest BCUT2D eigenvalue weighted by atomic mass is 9.93. The van der Waals surface area contributed by atoms with Crippen LogP contribution >= 0.6 is 11.3 Å². The van der Waals surface area contributed by atoms with Crippen LogP contribution in [0.1, 0.15) is 0 Å². The monoisotopic (exact) mass is 588 g/mol. The summed E-state index contributed by atoms with van der Waals surface area (Å²) in [6, 6.07) is 48.4. The molecule has 0 bridgehead atoms. The Morgan fingerprint density at radius 3 is 1.71 bits per heavy atom. The molecule has 0 aliphatic carbocycles. The van der Waals surface area contributed by atoms with Crippen molar-refractivity contribution in [3.8, 4) is 22.5 Å². The fourth-order valence-electron chi connectivity index (χ4n) is 7.30. The molecular formula is C42H24N2S. The highest BCUT2D eigenvalue weighted by Crippen LogP contribution is 2.44. The number of rotatable bonds is 2. The van der Waals surface area contributed by atoms with Crippen LogP contribution in [0.15, 0.2) is 146 Å². The topological polar surface area (TPSA) is 25.8 Å². The van der Waals surface area contributed by atoms with E-state index in [4.69, 9.17) is 9.97 Å². The van der Waals surface area contributed by atoms with Crippen LogP contribution in [-0.2, 0) is 0 Å². The Hall–Kier alpha value is -5.64. The maximum atomic E-state index is 4.97. The normalized spacial score (nSPS) is 12.0. The summed E-state index contributed by atoms with van der Waals surface area (Å²) < 4.78 is 2.49. The first-order valence-corrected chi connectivity index (χ1v) is 16.1. The van der Waals surface area contributed by atoms with Gasteiger partial charge in [0, 0.05) is 39.0 Å². The van der Waals surface area contributed by atoms with E-state index in [9.17, 15) is 0 Å². The van der Waals surface area contributed by atoms with Crippen LogP contribution < -0.4 is 0 Å². The number of aromatic nitrogens is 2. The van der Waals surface area contributed by atoms with E-state index >= 15 is 0 Å². The van der Waals surface area contributed by atoms with Crippen molar-refractivity contribution in [2.24, 2.45) is 0 Å². The molecule has 0 fully saturated rings. The van der Waals surface area contributed by atoms with Crippen molar-refractivity contribution in [3.05, 3.63) is 146 Å². The zero-order chi connectivity index (χ0) is 29.5. The van der Waals surface area contributed by atoms with Crippen LogP contribution in [0.25, 0.3) is 96.5 Å². The Morgan fingerprint density at radius 1 is 0.400 bits per heavy atom. The number of thiophene rings is 1. The summed E-state index contributed by atoms with van der Waals surface area (Å²) in [6.45, 7) is 0. The standard InChI is InChI=1S/C42H24N2S/c1-2-10-27-25(9-1)21-37(33-16-8-3-11-28(27)33)39-22-26(17-19-43-39)41-42-34(18-20-44-41)38-23-35-31-14-6-4-12-29(31)30-13-5-7-15-32(30)36(35)24-40(38)45-42/h1-24H. The number of pyridine rings is 2. The molecule has 3 heteroatoms. The second-order valence-electron chi connectivity index (χ2n) is 11.7. The Bertz CT molecular complexity index is 2830. The van der Waals surface area contributed by atoms with Crippen LogP contribution in [0.2, 0.25) is 0 Å². The predicted octanol–water partition coefficient (Wildman–Crippen LogP) is 11.9. The Labute approximate surface area is 262 Å². The van der Waals surface area contributed by atoms with Gasteiger partial charge < -0.3 is 0 Å². The van der Waals surface area contributed by atoms with E-state index in [-0.39, 0.29) is 0 Å². The fraction of sp³-hybridized carbons (Fsp3) is 0. The summed E-state index contributed by atoms with van der Waals surface area (Å²) in [4.78, 5) is 9.86. The minimum atomic E-state index is 0.957. The zero-order valence-electron chi connectivity index (χ0n) is 24.2. The number of nitrogens with zero attached hydrogens (tertiary/aromatic N) is 2. The van der Waals surface area contributed by atoms with Crippen LogP contribution in [-0.4, -0.2) is 9.97 Å². The maximum absolute atomic E-state index is 4.97. The lowest BCUT2D eigenvalue weighted by molar-refractivity contribution is 1.31. The van der Waals surface area contributed by atoms with Gasteiger partial charge in [0.1, 0.15) is 0 Å². The number of hydrogen-bond acceptors (Lipinski definition) is 3. The summed E-state index contributed by atoms with van der Waals surface area (Å²) in [5.41, 5.74) is 4.17. The lowest BCUT2D eigenvalue weighted by Crippen LogP contribution is -1.90. The van der Waals surface area contributed by atoms with E-state index in [1.165, 1.54) is 74.0 Å². The average Bonchev–Trinajstić information content (AvgIpc) is 3.48. The lowest BCUT2D eigenvalue weighted by Gasteiger charge is -2.11. The summed E-state index contributed by atoms with van der Waals surface area (Å²) in [7, 11) is 0. The highest BCUT2D eigenvalue weighted by molar-refractivity contribution is 7.26. The molecule has 10 aromatic rings. The average molecular weight is 589 g/mol. The Kier molecular flexibility index (Phi) is 5.19. The van der Waals surface area contributed by atoms with Crippen molar-refractivity contribution >= 4 is 85.4 Å². The van der Waals surface area contributed by atoms with Gasteiger partial charge in [-0.15, -0.1) is 11.3 Å². The van der Waals surface area contributed by atoms with E-state index in [2.05, 4.69) is 133 Å². The van der Waals surface area contributed by atoms with Crippen LogP contribution in [0.4, 0.5) is 0 Å². The largest absolute Gasteiger partial charge is 0.256 e. The van der Waals surface area contributed by atoms with Gasteiger partial charge in [0.05, 0.1) is 16.1 Å². The zero-order valence-corrected chi connectivity index (χ0v) is 25.0. The molecule has 0 radical (unpaired) electrons. The minimum Gasteiger partial charge on any atom is -0.256 e. The number of benzene rings is 7. The first-order chi connectivity index (χ1) is 22.3. The van der Waals surface area contributed by atoms with E-state index in [1.54, 1.807) is 0 Å². The molecule has 45 heavy (non-hydrogen) atoms. The van der Waals surface area contributed by atoms with Gasteiger partial charge in [-0.2, -0.15) is 0 Å². The SMILES string of the molecule is c1ccc2c(c1)cc(-c1cc(-c3nccc4c3sc3cc5c6ccccc6c6ccccc6c5cc34)ccn1)c1ccccc12. The smallest absolute Gasteiger partial charge is 0.0881 e. The Balaban J connectivity index is 1.22. The van der Waals surface area contributed by atoms with Crippen LogP contribution in [0.5, 0.6) is 0 Å². The van der Waals surface area contributed by atoms with E-state index in [1.807, 2.05) is 23.7 Å².